The summed E-state index contributed by atoms with van der Waals surface area (Å²) in [6, 6.07) is 10.3. The number of ether oxygens (including phenoxy) is 1. The van der Waals surface area contributed by atoms with E-state index in [9.17, 15) is 0 Å². The van der Waals surface area contributed by atoms with Gasteiger partial charge >= 0.3 is 0 Å². The normalized spacial score (nSPS) is 12.7. The summed E-state index contributed by atoms with van der Waals surface area (Å²) in [6.07, 6.45) is 1.40. The molecule has 0 saturated heterocycles. The first-order valence-electron chi connectivity index (χ1n) is 5.09. The van der Waals surface area contributed by atoms with Gasteiger partial charge in [0.1, 0.15) is 0 Å². The average molecular weight is 194 g/mol. The van der Waals surface area contributed by atoms with Gasteiger partial charge in [-0.3, -0.25) is 0 Å². The lowest BCUT2D eigenvalue weighted by Gasteiger charge is -2.05. The van der Waals surface area contributed by atoms with E-state index in [-0.39, 0.29) is 6.10 Å². The third kappa shape index (κ3) is 5.00. The first-order chi connectivity index (χ1) is 6.79. The fraction of sp³-hybridized carbons (Fsp3) is 0.500. The van der Waals surface area contributed by atoms with E-state index in [2.05, 4.69) is 12.1 Å². The minimum atomic E-state index is -0.258. The molecule has 0 radical (unpaired) electrons. The van der Waals surface area contributed by atoms with Gasteiger partial charge in [0.15, 0.2) is 0 Å². The van der Waals surface area contributed by atoms with Crippen molar-refractivity contribution in [3.8, 4) is 0 Å². The number of hydrogen-bond donors (Lipinski definition) is 1. The molecule has 0 amide bonds. The molecule has 1 unspecified atom stereocenters. The van der Waals surface area contributed by atoms with E-state index in [0.717, 1.165) is 19.4 Å². The van der Waals surface area contributed by atoms with Crippen molar-refractivity contribution in [2.75, 3.05) is 13.2 Å². The molecule has 1 aromatic carbocycles. The van der Waals surface area contributed by atoms with E-state index in [1.807, 2.05) is 18.2 Å². The van der Waals surface area contributed by atoms with Crippen molar-refractivity contribution >= 4 is 0 Å². The SMILES string of the molecule is CC(O)CCOCCc1ccccc1. The predicted molar refractivity (Wildman–Crippen MR) is 57.3 cm³/mol. The Morgan fingerprint density at radius 3 is 2.57 bits per heavy atom. The van der Waals surface area contributed by atoms with Gasteiger partial charge in [-0.05, 0) is 25.3 Å². The van der Waals surface area contributed by atoms with Gasteiger partial charge in [-0.2, -0.15) is 0 Å². The van der Waals surface area contributed by atoms with Crippen LogP contribution in [-0.4, -0.2) is 24.4 Å². The van der Waals surface area contributed by atoms with Crippen LogP contribution in [0.1, 0.15) is 18.9 Å². The highest BCUT2D eigenvalue weighted by atomic mass is 16.5. The van der Waals surface area contributed by atoms with Crippen LogP contribution in [-0.2, 0) is 11.2 Å². The first kappa shape index (κ1) is 11.2. The molecule has 1 aromatic rings. The topological polar surface area (TPSA) is 29.5 Å². The molecule has 1 atom stereocenters. The molecule has 1 N–H and O–H groups in total. The van der Waals surface area contributed by atoms with Gasteiger partial charge in [-0.25, -0.2) is 0 Å². The molecule has 0 heterocycles. The third-order valence-corrected chi connectivity index (χ3v) is 2.06. The monoisotopic (exact) mass is 194 g/mol. The lowest BCUT2D eigenvalue weighted by molar-refractivity contribution is 0.0910. The molecule has 0 aromatic heterocycles. The summed E-state index contributed by atoms with van der Waals surface area (Å²) in [5.74, 6) is 0. The van der Waals surface area contributed by atoms with Gasteiger partial charge in [0, 0.05) is 6.61 Å². The molecule has 0 aliphatic rings. The zero-order valence-corrected chi connectivity index (χ0v) is 8.65. The van der Waals surface area contributed by atoms with E-state index in [1.54, 1.807) is 6.92 Å². The first-order valence-corrected chi connectivity index (χ1v) is 5.09. The molecular formula is C12H18O2. The summed E-state index contributed by atoms with van der Waals surface area (Å²) in [4.78, 5) is 0. The number of rotatable bonds is 6. The van der Waals surface area contributed by atoms with Crippen molar-refractivity contribution in [2.45, 2.75) is 25.9 Å². The van der Waals surface area contributed by atoms with Gasteiger partial charge in [-0.1, -0.05) is 30.3 Å². The number of aliphatic hydroxyl groups is 1. The molecule has 14 heavy (non-hydrogen) atoms. The van der Waals surface area contributed by atoms with Crippen molar-refractivity contribution in [2.24, 2.45) is 0 Å². The summed E-state index contributed by atoms with van der Waals surface area (Å²) in [5.41, 5.74) is 1.30. The Balaban J connectivity index is 2.05. The molecule has 0 aliphatic heterocycles. The van der Waals surface area contributed by atoms with Gasteiger partial charge in [0.25, 0.3) is 0 Å². The molecule has 1 rings (SSSR count). The maximum atomic E-state index is 8.99. The summed E-state index contributed by atoms with van der Waals surface area (Å²) in [5, 5.41) is 8.99. The fourth-order valence-electron chi connectivity index (χ4n) is 1.19. The summed E-state index contributed by atoms with van der Waals surface area (Å²) < 4.78 is 5.39. The molecule has 0 saturated carbocycles. The van der Waals surface area contributed by atoms with Crippen molar-refractivity contribution in [1.29, 1.82) is 0 Å². The highest BCUT2D eigenvalue weighted by Gasteiger charge is 1.95. The minimum Gasteiger partial charge on any atom is -0.393 e. The number of aliphatic hydroxyl groups excluding tert-OH is 1. The second-order valence-electron chi connectivity index (χ2n) is 3.49. The minimum absolute atomic E-state index is 0.258. The van der Waals surface area contributed by atoms with Gasteiger partial charge in [0.2, 0.25) is 0 Å². The molecule has 0 spiro atoms. The third-order valence-electron chi connectivity index (χ3n) is 2.06. The quantitative estimate of drug-likeness (QED) is 0.702. The second-order valence-corrected chi connectivity index (χ2v) is 3.49. The molecule has 0 bridgehead atoms. The Morgan fingerprint density at radius 2 is 1.93 bits per heavy atom. The number of hydrogen-bond acceptors (Lipinski definition) is 2. The van der Waals surface area contributed by atoms with Crippen molar-refractivity contribution in [1.82, 2.24) is 0 Å². The van der Waals surface area contributed by atoms with Crippen molar-refractivity contribution < 1.29 is 9.84 Å². The van der Waals surface area contributed by atoms with E-state index in [4.69, 9.17) is 9.84 Å². The fourth-order valence-corrected chi connectivity index (χ4v) is 1.19. The molecule has 0 fully saturated rings. The maximum Gasteiger partial charge on any atom is 0.0534 e. The highest BCUT2D eigenvalue weighted by molar-refractivity contribution is 5.14. The Labute approximate surface area is 85.5 Å². The van der Waals surface area contributed by atoms with E-state index in [1.165, 1.54) is 5.56 Å². The lowest BCUT2D eigenvalue weighted by Crippen LogP contribution is -2.07. The van der Waals surface area contributed by atoms with Crippen LogP contribution in [0.3, 0.4) is 0 Å². The zero-order chi connectivity index (χ0) is 10.2. The van der Waals surface area contributed by atoms with Crippen LogP contribution in [0.15, 0.2) is 30.3 Å². The summed E-state index contributed by atoms with van der Waals surface area (Å²) in [6.45, 7) is 3.15. The Morgan fingerprint density at radius 1 is 1.21 bits per heavy atom. The van der Waals surface area contributed by atoms with Crippen molar-refractivity contribution in [3.05, 3.63) is 35.9 Å². The van der Waals surface area contributed by atoms with Crippen LogP contribution in [0.5, 0.6) is 0 Å². The average Bonchev–Trinajstić information content (AvgIpc) is 2.18. The van der Waals surface area contributed by atoms with Crippen LogP contribution < -0.4 is 0 Å². The smallest absolute Gasteiger partial charge is 0.0534 e. The standard InChI is InChI=1S/C12H18O2/c1-11(13)7-9-14-10-8-12-5-3-2-4-6-12/h2-6,11,13H,7-10H2,1H3. The van der Waals surface area contributed by atoms with E-state index in [0.29, 0.717) is 6.61 Å². The molecule has 78 valence electrons. The van der Waals surface area contributed by atoms with E-state index >= 15 is 0 Å². The van der Waals surface area contributed by atoms with Gasteiger partial charge < -0.3 is 9.84 Å². The second kappa shape index (κ2) is 6.57. The Hall–Kier alpha value is -0.860. The predicted octanol–water partition coefficient (Wildman–Crippen LogP) is 2.02. The van der Waals surface area contributed by atoms with Crippen LogP contribution >= 0.6 is 0 Å². The van der Waals surface area contributed by atoms with Crippen LogP contribution in [0.4, 0.5) is 0 Å². The Bertz CT molecular complexity index is 231. The Kier molecular flexibility index (Phi) is 5.27. The zero-order valence-electron chi connectivity index (χ0n) is 8.65. The largest absolute Gasteiger partial charge is 0.393 e. The molecule has 0 aliphatic carbocycles. The molecule has 2 heteroatoms. The lowest BCUT2D eigenvalue weighted by atomic mass is 10.2. The van der Waals surface area contributed by atoms with Gasteiger partial charge in [0.05, 0.1) is 12.7 Å². The maximum absolute atomic E-state index is 8.99. The van der Waals surface area contributed by atoms with Crippen LogP contribution in [0.2, 0.25) is 0 Å². The molecular weight excluding hydrogens is 176 g/mol. The van der Waals surface area contributed by atoms with E-state index < -0.39 is 0 Å². The number of benzene rings is 1. The van der Waals surface area contributed by atoms with Crippen LogP contribution in [0.25, 0.3) is 0 Å². The van der Waals surface area contributed by atoms with Crippen molar-refractivity contribution in [3.63, 3.8) is 0 Å². The summed E-state index contributed by atoms with van der Waals surface area (Å²) >= 11 is 0. The van der Waals surface area contributed by atoms with Crippen LogP contribution in [0, 0.1) is 0 Å². The molecule has 2 nitrogen and oxygen atoms in total. The summed E-state index contributed by atoms with van der Waals surface area (Å²) in [7, 11) is 0. The highest BCUT2D eigenvalue weighted by Crippen LogP contribution is 2.00. The van der Waals surface area contributed by atoms with Gasteiger partial charge in [-0.15, -0.1) is 0 Å².